The molecule has 1 aliphatic heterocycles. The molecule has 1 heterocycles. The van der Waals surface area contributed by atoms with Crippen molar-refractivity contribution >= 4 is 11.9 Å². The van der Waals surface area contributed by atoms with Gasteiger partial charge in [0.05, 0.1) is 0 Å². The van der Waals surface area contributed by atoms with Crippen LogP contribution in [0.5, 0.6) is 0 Å². The van der Waals surface area contributed by atoms with Gasteiger partial charge in [-0.05, 0) is 18.3 Å². The molecule has 4 heteroatoms. The Morgan fingerprint density at radius 1 is 1.18 bits per heavy atom. The van der Waals surface area contributed by atoms with Gasteiger partial charge >= 0.3 is 6.03 Å². The minimum Gasteiger partial charge on any atom is -0.334 e. The van der Waals surface area contributed by atoms with E-state index in [4.69, 9.17) is 0 Å². The van der Waals surface area contributed by atoms with Crippen LogP contribution in [0, 0.1) is 5.41 Å². The number of hydrogen-bond donors (Lipinski definition) is 1. The molecule has 2 aliphatic rings. The van der Waals surface area contributed by atoms with Gasteiger partial charge < -0.3 is 5.32 Å². The highest BCUT2D eigenvalue weighted by Crippen LogP contribution is 2.30. The summed E-state index contributed by atoms with van der Waals surface area (Å²) in [5, 5.41) is 2.98. The maximum absolute atomic E-state index is 12.1. The summed E-state index contributed by atoms with van der Waals surface area (Å²) < 4.78 is 0. The molecule has 96 valence electrons. The molecule has 0 bridgehead atoms. The average Bonchev–Trinajstić information content (AvgIpc) is 2.68. The first-order chi connectivity index (χ1) is 7.89. The summed E-state index contributed by atoms with van der Waals surface area (Å²) in [4.78, 5) is 25.6. The molecule has 3 amide bonds. The first-order valence-electron chi connectivity index (χ1n) is 6.52. The van der Waals surface area contributed by atoms with Gasteiger partial charge in [-0.15, -0.1) is 0 Å². The van der Waals surface area contributed by atoms with Crippen LogP contribution in [-0.4, -0.2) is 28.9 Å². The fourth-order valence-electron chi connectivity index (χ4n) is 2.71. The van der Waals surface area contributed by atoms with E-state index in [-0.39, 0.29) is 29.4 Å². The monoisotopic (exact) mass is 238 g/mol. The molecule has 1 unspecified atom stereocenters. The van der Waals surface area contributed by atoms with E-state index < -0.39 is 0 Å². The highest BCUT2D eigenvalue weighted by Gasteiger charge is 2.41. The lowest BCUT2D eigenvalue weighted by molar-refractivity contribution is -0.133. The lowest BCUT2D eigenvalue weighted by Gasteiger charge is -2.40. The van der Waals surface area contributed by atoms with Gasteiger partial charge in [-0.3, -0.25) is 9.69 Å². The minimum absolute atomic E-state index is 0.000532. The summed E-state index contributed by atoms with van der Waals surface area (Å²) in [6.07, 6.45) is 4.64. The number of nitrogens with one attached hydrogen (secondary N) is 1. The molecular weight excluding hydrogens is 216 g/mol. The lowest BCUT2D eigenvalue weighted by Crippen LogP contribution is -2.60. The molecule has 0 spiro atoms. The Balaban J connectivity index is 2.08. The minimum atomic E-state index is -0.187. The van der Waals surface area contributed by atoms with Crippen LogP contribution >= 0.6 is 0 Å². The van der Waals surface area contributed by atoms with Crippen LogP contribution in [0.25, 0.3) is 0 Å². The van der Waals surface area contributed by atoms with Gasteiger partial charge in [0.25, 0.3) is 0 Å². The Bertz CT molecular complexity index is 309. The summed E-state index contributed by atoms with van der Waals surface area (Å²) in [5.41, 5.74) is -0.0624. The van der Waals surface area contributed by atoms with E-state index in [1.54, 1.807) is 0 Å². The predicted molar refractivity (Wildman–Crippen MR) is 65.5 cm³/mol. The molecule has 1 N–H and O–H groups in total. The zero-order valence-corrected chi connectivity index (χ0v) is 11.0. The van der Waals surface area contributed by atoms with Gasteiger partial charge in [-0.1, -0.05) is 33.6 Å². The van der Waals surface area contributed by atoms with E-state index in [0.717, 1.165) is 25.7 Å². The van der Waals surface area contributed by atoms with Crippen molar-refractivity contribution in [1.29, 1.82) is 0 Å². The zero-order valence-electron chi connectivity index (χ0n) is 11.0. The summed E-state index contributed by atoms with van der Waals surface area (Å²) in [5.74, 6) is 0.000532. The second-order valence-corrected chi connectivity index (χ2v) is 6.27. The van der Waals surface area contributed by atoms with Gasteiger partial charge in [0.2, 0.25) is 5.91 Å². The largest absolute Gasteiger partial charge is 0.334 e. The number of carbonyl (C=O) groups excluding carboxylic acids is 2. The fourth-order valence-corrected chi connectivity index (χ4v) is 2.71. The van der Waals surface area contributed by atoms with E-state index in [1.165, 1.54) is 4.90 Å². The number of nitrogens with zero attached hydrogens (tertiary/aromatic N) is 1. The topological polar surface area (TPSA) is 49.4 Å². The smallest absolute Gasteiger partial charge is 0.324 e. The Labute approximate surface area is 103 Å². The van der Waals surface area contributed by atoms with E-state index in [1.807, 2.05) is 0 Å². The third-order valence-electron chi connectivity index (χ3n) is 3.90. The van der Waals surface area contributed by atoms with Gasteiger partial charge in [-0.25, -0.2) is 4.79 Å². The van der Waals surface area contributed by atoms with E-state index in [2.05, 4.69) is 26.1 Å². The molecule has 1 saturated carbocycles. The van der Waals surface area contributed by atoms with Gasteiger partial charge in [0, 0.05) is 18.5 Å². The Morgan fingerprint density at radius 2 is 1.76 bits per heavy atom. The van der Waals surface area contributed by atoms with E-state index >= 15 is 0 Å². The molecular formula is C13H22N2O2. The molecule has 1 atom stereocenters. The predicted octanol–water partition coefficient (Wildman–Crippen LogP) is 2.29. The highest BCUT2D eigenvalue weighted by molar-refractivity contribution is 5.97. The molecule has 2 fully saturated rings. The molecule has 0 radical (unpaired) electrons. The van der Waals surface area contributed by atoms with E-state index in [0.29, 0.717) is 6.42 Å². The number of hydrogen-bond acceptors (Lipinski definition) is 2. The number of amides is 3. The first-order valence-corrected chi connectivity index (χ1v) is 6.52. The van der Waals surface area contributed by atoms with Crippen molar-refractivity contribution in [3.63, 3.8) is 0 Å². The van der Waals surface area contributed by atoms with Gasteiger partial charge in [0.1, 0.15) is 0 Å². The van der Waals surface area contributed by atoms with E-state index in [9.17, 15) is 9.59 Å². The highest BCUT2D eigenvalue weighted by atomic mass is 16.2. The summed E-state index contributed by atoms with van der Waals surface area (Å²) in [6, 6.07) is -0.0864. The number of imide groups is 1. The fraction of sp³-hybridized carbons (Fsp3) is 0.846. The normalized spacial score (nSPS) is 27.5. The van der Waals surface area contributed by atoms with Crippen molar-refractivity contribution in [2.45, 2.75) is 65.0 Å². The molecule has 0 aromatic rings. The molecule has 2 rings (SSSR count). The third kappa shape index (κ3) is 2.45. The molecule has 0 aromatic carbocycles. The Kier molecular flexibility index (Phi) is 3.15. The van der Waals surface area contributed by atoms with Gasteiger partial charge in [-0.2, -0.15) is 0 Å². The molecule has 1 saturated heterocycles. The Morgan fingerprint density at radius 3 is 2.24 bits per heavy atom. The van der Waals surface area contributed by atoms with Crippen LogP contribution in [0.3, 0.4) is 0 Å². The SMILES string of the molecule is CC(C)(C)C1CC(=O)N(C2CCCC2)C(=O)N1. The van der Waals surface area contributed by atoms with Crippen LogP contribution in [-0.2, 0) is 4.79 Å². The Hall–Kier alpha value is -1.06. The lowest BCUT2D eigenvalue weighted by atomic mass is 9.83. The molecule has 4 nitrogen and oxygen atoms in total. The molecule has 1 aliphatic carbocycles. The quantitative estimate of drug-likeness (QED) is 0.762. The standard InChI is InChI=1S/C13H22N2O2/c1-13(2,3)10-8-11(16)15(12(17)14-10)9-6-4-5-7-9/h9-10H,4-8H2,1-3H3,(H,14,17). The zero-order chi connectivity index (χ0) is 12.6. The summed E-state index contributed by atoms with van der Waals surface area (Å²) in [7, 11) is 0. The molecule has 17 heavy (non-hydrogen) atoms. The second kappa shape index (κ2) is 4.31. The van der Waals surface area contributed by atoms with Crippen LogP contribution < -0.4 is 5.32 Å². The number of carbonyl (C=O) groups is 2. The van der Waals surface area contributed by atoms with Crippen molar-refractivity contribution in [2.75, 3.05) is 0 Å². The summed E-state index contributed by atoms with van der Waals surface area (Å²) >= 11 is 0. The van der Waals surface area contributed by atoms with Crippen molar-refractivity contribution in [1.82, 2.24) is 10.2 Å². The number of urea groups is 1. The summed E-state index contributed by atoms with van der Waals surface area (Å²) in [6.45, 7) is 6.16. The van der Waals surface area contributed by atoms with Crippen LogP contribution in [0.15, 0.2) is 0 Å². The second-order valence-electron chi connectivity index (χ2n) is 6.27. The third-order valence-corrected chi connectivity index (χ3v) is 3.90. The maximum Gasteiger partial charge on any atom is 0.324 e. The number of rotatable bonds is 1. The van der Waals surface area contributed by atoms with Crippen molar-refractivity contribution in [3.8, 4) is 0 Å². The average molecular weight is 238 g/mol. The molecule has 0 aromatic heterocycles. The van der Waals surface area contributed by atoms with Crippen molar-refractivity contribution < 1.29 is 9.59 Å². The first kappa shape index (κ1) is 12.4. The van der Waals surface area contributed by atoms with Crippen molar-refractivity contribution in [3.05, 3.63) is 0 Å². The van der Waals surface area contributed by atoms with Gasteiger partial charge in [0.15, 0.2) is 0 Å². The van der Waals surface area contributed by atoms with Crippen LogP contribution in [0.2, 0.25) is 0 Å². The maximum atomic E-state index is 12.1. The van der Waals surface area contributed by atoms with Crippen molar-refractivity contribution in [2.24, 2.45) is 5.41 Å². The van der Waals surface area contributed by atoms with Crippen LogP contribution in [0.1, 0.15) is 52.9 Å². The van der Waals surface area contributed by atoms with Crippen LogP contribution in [0.4, 0.5) is 4.79 Å².